The summed E-state index contributed by atoms with van der Waals surface area (Å²) in [6.45, 7) is 4.54. The highest BCUT2D eigenvalue weighted by Gasteiger charge is 2.21. The summed E-state index contributed by atoms with van der Waals surface area (Å²) in [5.74, 6) is 5.26. The van der Waals surface area contributed by atoms with Gasteiger partial charge in [-0.2, -0.15) is 0 Å². The predicted octanol–water partition coefficient (Wildman–Crippen LogP) is 1.16. The van der Waals surface area contributed by atoms with Crippen molar-refractivity contribution in [3.63, 3.8) is 0 Å². The molecule has 0 fully saturated rings. The largest absolute Gasteiger partial charge is 0.384 e. The fraction of sp³-hybridized carbons (Fsp3) is 0.500. The van der Waals surface area contributed by atoms with Gasteiger partial charge in [-0.25, -0.2) is 0 Å². The molecule has 0 aliphatic rings. The maximum atomic E-state index is 12.0. The van der Waals surface area contributed by atoms with Crippen molar-refractivity contribution in [2.75, 3.05) is 27.2 Å². The van der Waals surface area contributed by atoms with Crippen molar-refractivity contribution in [3.05, 3.63) is 21.9 Å². The fourth-order valence-corrected chi connectivity index (χ4v) is 1.96. The summed E-state index contributed by atoms with van der Waals surface area (Å²) in [4.78, 5) is 14.8. The quantitative estimate of drug-likeness (QED) is 0.814. The topological polar surface area (TPSA) is 52.6 Å². The number of carbonyl (C=O) groups excluding carboxylic acids is 1. The molecule has 0 unspecified atom stereocenters. The summed E-state index contributed by atoms with van der Waals surface area (Å²) in [6, 6.07) is 1.74. The number of thiophene rings is 1. The van der Waals surface area contributed by atoms with Gasteiger partial charge < -0.3 is 15.3 Å². The van der Waals surface area contributed by atoms with E-state index in [2.05, 4.69) is 35.9 Å². The Labute approximate surface area is 118 Å². The highest BCUT2D eigenvalue weighted by Crippen LogP contribution is 2.14. The number of aliphatic hydroxyl groups is 1. The van der Waals surface area contributed by atoms with Crippen molar-refractivity contribution < 1.29 is 9.90 Å². The van der Waals surface area contributed by atoms with Gasteiger partial charge in [0, 0.05) is 17.5 Å². The lowest BCUT2D eigenvalue weighted by Gasteiger charge is -2.32. The predicted molar refractivity (Wildman–Crippen MR) is 78.4 cm³/mol. The van der Waals surface area contributed by atoms with Crippen molar-refractivity contribution in [2.24, 2.45) is 0 Å². The van der Waals surface area contributed by atoms with Crippen LogP contribution < -0.4 is 5.32 Å². The van der Waals surface area contributed by atoms with Gasteiger partial charge in [0.05, 0.1) is 10.4 Å². The van der Waals surface area contributed by atoms with E-state index in [1.54, 1.807) is 11.4 Å². The zero-order valence-electron chi connectivity index (χ0n) is 11.8. The Bertz CT molecular complexity index is 495. The molecule has 4 nitrogen and oxygen atoms in total. The third kappa shape index (κ3) is 4.67. The van der Waals surface area contributed by atoms with E-state index >= 15 is 0 Å². The molecule has 0 aromatic carbocycles. The Morgan fingerprint density at radius 2 is 2.21 bits per heavy atom. The smallest absolute Gasteiger partial charge is 0.252 e. The Kier molecular flexibility index (Phi) is 5.55. The molecule has 5 heteroatoms. The van der Waals surface area contributed by atoms with Gasteiger partial charge in [0.1, 0.15) is 6.61 Å². The van der Waals surface area contributed by atoms with E-state index in [0.29, 0.717) is 12.1 Å². The van der Waals surface area contributed by atoms with Crippen molar-refractivity contribution in [3.8, 4) is 11.8 Å². The average molecular weight is 280 g/mol. The lowest BCUT2D eigenvalue weighted by Crippen LogP contribution is -2.48. The molecule has 0 radical (unpaired) electrons. The van der Waals surface area contributed by atoms with Crippen LogP contribution in [0.5, 0.6) is 0 Å². The summed E-state index contributed by atoms with van der Waals surface area (Å²) in [7, 11) is 3.97. The highest BCUT2D eigenvalue weighted by molar-refractivity contribution is 7.10. The molecule has 1 aromatic rings. The third-order valence-corrected chi connectivity index (χ3v) is 3.89. The molecule has 1 amide bonds. The number of aliphatic hydroxyl groups excluding tert-OH is 1. The first-order chi connectivity index (χ1) is 8.86. The Hall–Kier alpha value is -1.35. The maximum Gasteiger partial charge on any atom is 0.252 e. The number of nitrogens with zero attached hydrogens (tertiary/aromatic N) is 1. The van der Waals surface area contributed by atoms with E-state index in [1.807, 2.05) is 14.1 Å². The van der Waals surface area contributed by atoms with Gasteiger partial charge >= 0.3 is 0 Å². The number of carbonyl (C=O) groups is 1. The Balaban J connectivity index is 2.62. The van der Waals surface area contributed by atoms with E-state index in [-0.39, 0.29) is 18.1 Å². The highest BCUT2D eigenvalue weighted by atomic mass is 32.1. The lowest BCUT2D eigenvalue weighted by molar-refractivity contribution is 0.0920. The van der Waals surface area contributed by atoms with Crippen LogP contribution in [-0.2, 0) is 0 Å². The summed E-state index contributed by atoms with van der Waals surface area (Å²) in [5, 5.41) is 13.3. The van der Waals surface area contributed by atoms with Crippen molar-refractivity contribution >= 4 is 17.2 Å². The van der Waals surface area contributed by atoms with Crippen LogP contribution in [-0.4, -0.2) is 48.7 Å². The van der Waals surface area contributed by atoms with E-state index < -0.39 is 0 Å². The molecule has 0 saturated carbocycles. The second kappa shape index (κ2) is 6.71. The zero-order valence-corrected chi connectivity index (χ0v) is 12.6. The first-order valence-corrected chi connectivity index (χ1v) is 6.88. The van der Waals surface area contributed by atoms with Gasteiger partial charge in [0.15, 0.2) is 0 Å². The van der Waals surface area contributed by atoms with Gasteiger partial charge in [0.25, 0.3) is 5.91 Å². The van der Waals surface area contributed by atoms with Gasteiger partial charge in [-0.05, 0) is 34.0 Å². The molecule has 0 aliphatic heterocycles. The second-order valence-electron chi connectivity index (χ2n) is 5.05. The second-order valence-corrected chi connectivity index (χ2v) is 5.96. The summed E-state index contributed by atoms with van der Waals surface area (Å²) in [6.07, 6.45) is 0. The Morgan fingerprint density at radius 3 is 2.79 bits per heavy atom. The summed E-state index contributed by atoms with van der Waals surface area (Å²) < 4.78 is 0. The lowest BCUT2D eigenvalue weighted by atomic mass is 10.0. The molecule has 0 saturated heterocycles. The van der Waals surface area contributed by atoms with Crippen LogP contribution in [0.15, 0.2) is 11.4 Å². The summed E-state index contributed by atoms with van der Waals surface area (Å²) in [5.41, 5.74) is 0.521. The normalized spacial score (nSPS) is 11.1. The number of hydrogen-bond donors (Lipinski definition) is 2. The van der Waals surface area contributed by atoms with Gasteiger partial charge in [0.2, 0.25) is 0 Å². The van der Waals surface area contributed by atoms with Gasteiger partial charge in [-0.3, -0.25) is 4.79 Å². The van der Waals surface area contributed by atoms with Crippen LogP contribution in [0.3, 0.4) is 0 Å². The molecular weight excluding hydrogens is 260 g/mol. The molecular formula is C14H20N2O2S. The molecule has 104 valence electrons. The fourth-order valence-electron chi connectivity index (χ4n) is 1.20. The van der Waals surface area contributed by atoms with E-state index in [9.17, 15) is 4.79 Å². The zero-order chi connectivity index (χ0) is 14.5. The van der Waals surface area contributed by atoms with E-state index in [0.717, 1.165) is 4.88 Å². The SMILES string of the molecule is CN(C)C(C)(C)CNC(=O)c1csc(C#CCO)c1. The van der Waals surface area contributed by atoms with E-state index in [1.165, 1.54) is 11.3 Å². The minimum atomic E-state index is -0.170. The van der Waals surface area contributed by atoms with Crippen molar-refractivity contribution in [1.29, 1.82) is 0 Å². The van der Waals surface area contributed by atoms with Crippen LogP contribution in [0.25, 0.3) is 0 Å². The molecule has 1 rings (SSSR count). The number of hydrogen-bond acceptors (Lipinski definition) is 4. The number of nitrogens with one attached hydrogen (secondary N) is 1. The molecule has 0 atom stereocenters. The van der Waals surface area contributed by atoms with Crippen LogP contribution >= 0.6 is 11.3 Å². The average Bonchev–Trinajstić information content (AvgIpc) is 2.82. The van der Waals surface area contributed by atoms with Crippen molar-refractivity contribution in [1.82, 2.24) is 10.2 Å². The van der Waals surface area contributed by atoms with Crippen LogP contribution in [0.2, 0.25) is 0 Å². The molecule has 2 N–H and O–H groups in total. The van der Waals surface area contributed by atoms with E-state index in [4.69, 9.17) is 5.11 Å². The minimum absolute atomic E-state index is 0.0921. The van der Waals surface area contributed by atoms with Crippen LogP contribution in [0, 0.1) is 11.8 Å². The number of amides is 1. The molecule has 1 aromatic heterocycles. The maximum absolute atomic E-state index is 12.0. The van der Waals surface area contributed by atoms with Gasteiger partial charge in [-0.1, -0.05) is 11.8 Å². The molecule has 19 heavy (non-hydrogen) atoms. The van der Waals surface area contributed by atoms with Crippen LogP contribution in [0.1, 0.15) is 29.1 Å². The molecule has 0 aliphatic carbocycles. The third-order valence-electron chi connectivity index (χ3n) is 3.04. The number of rotatable bonds is 4. The first-order valence-electron chi connectivity index (χ1n) is 6.00. The Morgan fingerprint density at radius 1 is 1.53 bits per heavy atom. The van der Waals surface area contributed by atoms with Crippen molar-refractivity contribution in [2.45, 2.75) is 19.4 Å². The van der Waals surface area contributed by atoms with Gasteiger partial charge in [-0.15, -0.1) is 11.3 Å². The first kappa shape index (κ1) is 15.7. The standard InChI is InChI=1S/C14H20N2O2S/c1-14(2,16(3)4)10-15-13(18)11-8-12(19-9-11)6-5-7-17/h8-9,17H,7,10H2,1-4H3,(H,15,18). The number of likely N-dealkylation sites (N-methyl/N-ethyl adjacent to an activating group) is 1. The van der Waals surface area contributed by atoms with Crippen LogP contribution in [0.4, 0.5) is 0 Å². The monoisotopic (exact) mass is 280 g/mol. The minimum Gasteiger partial charge on any atom is -0.384 e. The molecule has 0 bridgehead atoms. The molecule has 0 spiro atoms. The summed E-state index contributed by atoms with van der Waals surface area (Å²) >= 11 is 1.40. The molecule has 1 heterocycles.